The molecule has 0 aliphatic heterocycles. The second kappa shape index (κ2) is 20.1. The summed E-state index contributed by atoms with van der Waals surface area (Å²) in [6.07, 6.45) is 26.5. The van der Waals surface area contributed by atoms with E-state index in [2.05, 4.69) is 11.8 Å². The van der Waals surface area contributed by atoms with E-state index in [1.165, 1.54) is 122 Å². The third-order valence-electron chi connectivity index (χ3n) is 6.00. The molecule has 0 aromatic carbocycles. The summed E-state index contributed by atoms with van der Waals surface area (Å²) in [6.45, 7) is 3.39. The van der Waals surface area contributed by atoms with Crippen LogP contribution in [0.5, 0.6) is 0 Å². The molecule has 1 nitrogen and oxygen atoms in total. The van der Waals surface area contributed by atoms with Crippen LogP contribution in [0.25, 0.3) is 0 Å². The molecule has 0 amide bonds. The maximum Gasteiger partial charge on any atom is 0.0274 e. The van der Waals surface area contributed by atoms with E-state index in [1.54, 1.807) is 0 Å². The predicted molar refractivity (Wildman–Crippen MR) is 124 cm³/mol. The van der Waals surface area contributed by atoms with E-state index in [1.807, 2.05) is 0 Å². The molecule has 0 aromatic rings. The van der Waals surface area contributed by atoms with Crippen LogP contribution in [0.15, 0.2) is 0 Å². The van der Waals surface area contributed by atoms with Crippen molar-refractivity contribution in [1.82, 2.24) is 4.90 Å². The molecule has 0 N–H and O–H groups in total. The van der Waals surface area contributed by atoms with Gasteiger partial charge in [-0.15, -0.1) is 0 Å². The van der Waals surface area contributed by atoms with Gasteiger partial charge in [-0.2, -0.15) is 0 Å². The number of rotatable bonds is 16. The molecule has 0 spiro atoms. The molecule has 4 heteroatoms. The van der Waals surface area contributed by atoms with E-state index in [9.17, 15) is 0 Å². The first-order chi connectivity index (χ1) is 12.8. The van der Waals surface area contributed by atoms with E-state index in [4.69, 9.17) is 24.8 Å². The Morgan fingerprint density at radius 1 is 0.741 bits per heavy atom. The van der Waals surface area contributed by atoms with Crippen LogP contribution in [0.4, 0.5) is 0 Å². The van der Waals surface area contributed by atoms with Crippen molar-refractivity contribution in [2.75, 3.05) is 6.54 Å². The van der Waals surface area contributed by atoms with Crippen molar-refractivity contribution in [3.8, 4) is 0 Å². The Bertz CT molecular complexity index is 332. The molecule has 0 aromatic heterocycles. The SMILES string of the molecule is CCCCCCCCCCCCCCCCN(C(=S)[S-])C1CCCCC1.[Mo]. The van der Waals surface area contributed by atoms with Gasteiger partial charge in [0.05, 0.1) is 0 Å². The van der Waals surface area contributed by atoms with Crippen LogP contribution in [0.3, 0.4) is 0 Å². The van der Waals surface area contributed by atoms with E-state index in [0.29, 0.717) is 10.4 Å². The fourth-order valence-corrected chi connectivity index (χ4v) is 4.77. The van der Waals surface area contributed by atoms with Gasteiger partial charge < -0.3 is 29.7 Å². The summed E-state index contributed by atoms with van der Waals surface area (Å²) < 4.78 is 0.714. The second-order valence-corrected chi connectivity index (χ2v) is 9.38. The third kappa shape index (κ3) is 15.3. The van der Waals surface area contributed by atoms with Gasteiger partial charge in [0.2, 0.25) is 0 Å². The number of nitrogens with zero attached hydrogens (tertiary/aromatic N) is 1. The topological polar surface area (TPSA) is 3.24 Å². The Hall–Kier alpha value is 0.798. The smallest absolute Gasteiger partial charge is 0.0274 e. The number of thiocarbonyl (C=S) groups is 1. The minimum absolute atomic E-state index is 0. The fourth-order valence-electron chi connectivity index (χ4n) is 4.29. The first kappa shape index (κ1) is 27.8. The van der Waals surface area contributed by atoms with Gasteiger partial charge in [-0.1, -0.05) is 114 Å². The fraction of sp³-hybridized carbons (Fsp3) is 0.957. The van der Waals surface area contributed by atoms with Crippen LogP contribution in [0, 0.1) is 0 Å². The van der Waals surface area contributed by atoms with Crippen LogP contribution >= 0.6 is 12.2 Å². The first-order valence-electron chi connectivity index (χ1n) is 11.7. The van der Waals surface area contributed by atoms with E-state index < -0.39 is 0 Å². The summed E-state index contributed by atoms with van der Waals surface area (Å²) in [5.74, 6) is 0. The molecule has 0 heterocycles. The molecule has 1 aliphatic rings. The van der Waals surface area contributed by atoms with Crippen LogP contribution in [-0.4, -0.2) is 21.8 Å². The summed E-state index contributed by atoms with van der Waals surface area (Å²) in [5, 5.41) is 0. The Morgan fingerprint density at radius 3 is 1.56 bits per heavy atom. The molecule has 1 aliphatic carbocycles. The summed E-state index contributed by atoms with van der Waals surface area (Å²) >= 11 is 10.7. The van der Waals surface area contributed by atoms with Gasteiger partial charge in [-0.3, -0.25) is 0 Å². The zero-order chi connectivity index (χ0) is 18.9. The van der Waals surface area contributed by atoms with Crippen LogP contribution in [0.2, 0.25) is 0 Å². The van der Waals surface area contributed by atoms with Crippen LogP contribution in [0.1, 0.15) is 129 Å². The largest absolute Gasteiger partial charge is 0.411 e. The monoisotopic (exact) mass is 496 g/mol. The van der Waals surface area contributed by atoms with Crippen molar-refractivity contribution in [3.05, 3.63) is 0 Å². The van der Waals surface area contributed by atoms with E-state index in [0.717, 1.165) is 6.54 Å². The van der Waals surface area contributed by atoms with Crippen LogP contribution < -0.4 is 0 Å². The molecule has 0 saturated heterocycles. The zero-order valence-electron chi connectivity index (χ0n) is 17.9. The Morgan fingerprint density at radius 2 is 1.15 bits per heavy atom. The standard InChI is InChI=1S/C23H45NS2.Mo/c1-2-3-4-5-6-7-8-9-10-11-12-13-14-18-21-24(23(25)26)22-19-16-15-17-20-22;/h22H,2-21H2,1H3,(H,25,26);/p-1. The third-order valence-corrected chi connectivity index (χ3v) is 6.47. The molecular weight excluding hydrogens is 450 g/mol. The van der Waals surface area contributed by atoms with Gasteiger partial charge in [0.25, 0.3) is 0 Å². The Labute approximate surface area is 195 Å². The zero-order valence-corrected chi connectivity index (χ0v) is 21.5. The van der Waals surface area contributed by atoms with Crippen molar-refractivity contribution >= 4 is 29.2 Å². The summed E-state index contributed by atoms with van der Waals surface area (Å²) in [7, 11) is 0. The van der Waals surface area contributed by atoms with Gasteiger partial charge >= 0.3 is 0 Å². The van der Waals surface area contributed by atoms with Gasteiger partial charge in [-0.05, 0) is 19.3 Å². The Balaban J connectivity index is 0.00000676. The average Bonchev–Trinajstić information content (AvgIpc) is 2.65. The molecule has 27 heavy (non-hydrogen) atoms. The molecule has 1 saturated carbocycles. The van der Waals surface area contributed by atoms with Crippen molar-refractivity contribution in [2.45, 2.75) is 135 Å². The van der Waals surface area contributed by atoms with Gasteiger partial charge in [0.15, 0.2) is 0 Å². The second-order valence-electron chi connectivity index (χ2n) is 8.35. The average molecular weight is 495 g/mol. The molecular formula is C23H44MoNS2-. The van der Waals surface area contributed by atoms with E-state index >= 15 is 0 Å². The van der Waals surface area contributed by atoms with Gasteiger partial charge in [-0.25, -0.2) is 0 Å². The summed E-state index contributed by atoms with van der Waals surface area (Å²) in [6, 6.07) is 0.649. The maximum absolute atomic E-state index is 5.34. The van der Waals surface area contributed by atoms with Gasteiger partial charge in [0.1, 0.15) is 0 Å². The van der Waals surface area contributed by atoms with E-state index in [-0.39, 0.29) is 21.1 Å². The molecule has 0 radical (unpaired) electrons. The Kier molecular flexibility index (Phi) is 20.7. The molecule has 0 bridgehead atoms. The first-order valence-corrected chi connectivity index (χ1v) is 12.5. The van der Waals surface area contributed by atoms with Crippen molar-refractivity contribution < 1.29 is 21.1 Å². The van der Waals surface area contributed by atoms with Gasteiger partial charge in [0, 0.05) is 33.7 Å². The summed E-state index contributed by atoms with van der Waals surface area (Å²) in [4.78, 5) is 2.37. The molecule has 1 fully saturated rings. The molecule has 1 rings (SSSR count). The predicted octanol–water partition coefficient (Wildman–Crippen LogP) is 7.93. The quantitative estimate of drug-likeness (QED) is 0.0928. The minimum atomic E-state index is 0. The number of hydrogen-bond donors (Lipinski definition) is 0. The molecule has 0 atom stereocenters. The minimum Gasteiger partial charge on any atom is -0.411 e. The molecule has 0 unspecified atom stereocenters. The normalized spacial score (nSPS) is 14.7. The molecule has 160 valence electrons. The number of hydrogen-bond acceptors (Lipinski definition) is 2. The summed E-state index contributed by atoms with van der Waals surface area (Å²) in [5.41, 5.74) is 0. The van der Waals surface area contributed by atoms with Crippen LogP contribution in [-0.2, 0) is 33.7 Å². The van der Waals surface area contributed by atoms with Crippen molar-refractivity contribution in [2.24, 2.45) is 0 Å². The van der Waals surface area contributed by atoms with Crippen molar-refractivity contribution in [3.63, 3.8) is 0 Å². The maximum atomic E-state index is 5.34. The number of unbranched alkanes of at least 4 members (excludes halogenated alkanes) is 13. The van der Waals surface area contributed by atoms with Crippen molar-refractivity contribution in [1.29, 1.82) is 0 Å².